The van der Waals surface area contributed by atoms with Crippen LogP contribution in [0.25, 0.3) is 0 Å². The van der Waals surface area contributed by atoms with E-state index in [1.165, 1.54) is 13.8 Å². The van der Waals surface area contributed by atoms with Crippen LogP contribution in [0.3, 0.4) is 0 Å². The molecule has 0 aromatic heterocycles. The molecule has 0 radical (unpaired) electrons. The molecule has 9 N–H and O–H groups in total. The molecule has 0 unspecified atom stereocenters. The summed E-state index contributed by atoms with van der Waals surface area (Å²) >= 11 is 0. The van der Waals surface area contributed by atoms with E-state index in [2.05, 4.69) is 26.3 Å². The van der Waals surface area contributed by atoms with Crippen molar-refractivity contribution >= 4 is 53.5 Å². The Bertz CT molecular complexity index is 2040. The third-order valence-electron chi connectivity index (χ3n) is 10.1. The maximum Gasteiger partial charge on any atom is 0.407 e. The van der Waals surface area contributed by atoms with Gasteiger partial charge in [0.1, 0.15) is 37.2 Å². The van der Waals surface area contributed by atoms with E-state index in [1.807, 2.05) is 60.7 Å². The molecule has 0 saturated heterocycles. The van der Waals surface area contributed by atoms with Crippen LogP contribution in [0, 0.1) is 16.0 Å². The number of benzene rings is 2. The number of carbonyl (C=O) groups excluding carboxylic acids is 8. The number of nitrogens with one attached hydrogen (secondary N) is 5. The summed E-state index contributed by atoms with van der Waals surface area (Å²) in [6.45, 7) is 8.14. The number of aliphatic imine (C=N–C) groups is 1. The molecule has 386 valence electrons. The van der Waals surface area contributed by atoms with Gasteiger partial charge in [-0.15, -0.1) is 0 Å². The molecule has 7 atom stereocenters. The first-order valence-corrected chi connectivity index (χ1v) is 23.1. The Morgan fingerprint density at radius 3 is 1.81 bits per heavy atom. The van der Waals surface area contributed by atoms with Gasteiger partial charge < -0.3 is 51.7 Å². The van der Waals surface area contributed by atoms with Crippen molar-refractivity contribution in [2.45, 2.75) is 148 Å². The molecule has 0 aliphatic carbocycles. The first-order chi connectivity index (χ1) is 33.2. The number of rotatable bonds is 32. The highest BCUT2D eigenvalue weighted by Gasteiger charge is 2.27. The van der Waals surface area contributed by atoms with Crippen molar-refractivity contribution in [2.75, 3.05) is 13.1 Å². The fraction of sp³-hybridized carbons (Fsp3) is 0.553. The number of hydrogen-bond donors (Lipinski definition) is 7. The van der Waals surface area contributed by atoms with Crippen LogP contribution in [0.2, 0.25) is 0 Å². The van der Waals surface area contributed by atoms with Gasteiger partial charge in [-0.05, 0) is 71.4 Å². The van der Waals surface area contributed by atoms with Gasteiger partial charge in [0.05, 0.1) is 31.2 Å². The first-order valence-electron chi connectivity index (χ1n) is 23.1. The van der Waals surface area contributed by atoms with Crippen LogP contribution >= 0.6 is 0 Å². The van der Waals surface area contributed by atoms with Crippen LogP contribution in [0.1, 0.15) is 110 Å². The molecule has 0 saturated carbocycles. The van der Waals surface area contributed by atoms with Crippen molar-refractivity contribution < 1.29 is 62.3 Å². The topological polar surface area (TPSA) is 341 Å². The Kier molecular flexibility index (Phi) is 27.4. The number of carbonyl (C=O) groups is 8. The fourth-order valence-corrected chi connectivity index (χ4v) is 6.66. The zero-order chi connectivity index (χ0) is 52.0. The zero-order valence-corrected chi connectivity index (χ0v) is 40.5. The Balaban J connectivity index is 1.72. The summed E-state index contributed by atoms with van der Waals surface area (Å²) in [5.41, 5.74) is 14.5. The standard InChI is InChI=1S/C47H69N9O14/c1-30(52-40(58)26-33(4)70-42(60)24-31(2)53-43(61)34(5)54-44(62)39(48)20-14-22-50-46(49)55-56(65)66)23-41(59)69-32(3)25-38(57)27-37(45(63)67-28-35-15-8-6-9-16-35)19-12-13-21-51-47(64)68-29-36-17-10-7-11-18-36/h6-11,15-18,30-34,37,39H,12-14,19-29,48H2,1-5H3,(H,51,64)(H,52,58)(H,53,61)(H,54,62)(H3,49,50,55)/t30-,31-,32+,33+,34-,37+,39-/m0/s1. The highest BCUT2D eigenvalue weighted by Crippen LogP contribution is 2.19. The monoisotopic (exact) mass is 983 g/mol. The molecule has 0 fully saturated rings. The number of guanidine groups is 1. The molecule has 2 aromatic rings. The summed E-state index contributed by atoms with van der Waals surface area (Å²) in [4.78, 5) is 116. The quantitative estimate of drug-likeness (QED) is 0.0105. The number of ether oxygens (including phenoxy) is 4. The van der Waals surface area contributed by atoms with Gasteiger partial charge in [0.25, 0.3) is 5.96 Å². The van der Waals surface area contributed by atoms with Crippen molar-refractivity contribution in [1.29, 1.82) is 0 Å². The summed E-state index contributed by atoms with van der Waals surface area (Å²) in [6, 6.07) is 15.0. The normalized spacial score (nSPS) is 14.1. The lowest BCUT2D eigenvalue weighted by Gasteiger charge is -2.21. The van der Waals surface area contributed by atoms with Gasteiger partial charge in [0, 0.05) is 38.0 Å². The van der Waals surface area contributed by atoms with E-state index in [0.717, 1.165) is 11.1 Å². The van der Waals surface area contributed by atoms with E-state index in [9.17, 15) is 48.5 Å². The zero-order valence-electron chi connectivity index (χ0n) is 40.5. The SMILES string of the molecule is C[C@H](CC(=O)C[C@@H](CCCCNC(=O)OCc1ccccc1)C(=O)OCc1ccccc1)OC(=O)C[C@H](C)NC(=O)C[C@@H](C)OC(=O)C[C@H](C)NC(=O)[C@H](C)NC(=O)[C@@H](N)CCCN=C(N)N[N+](=O)[O-]. The molecule has 23 nitrogen and oxygen atoms in total. The van der Waals surface area contributed by atoms with Crippen LogP contribution in [-0.4, -0.2) is 108 Å². The number of unbranched alkanes of at least 4 members (excludes halogenated alkanes) is 1. The highest BCUT2D eigenvalue weighted by atomic mass is 16.7. The average Bonchev–Trinajstić information content (AvgIpc) is 3.28. The third-order valence-corrected chi connectivity index (χ3v) is 10.1. The third kappa shape index (κ3) is 27.0. The molecule has 0 bridgehead atoms. The second-order valence-electron chi connectivity index (χ2n) is 16.9. The smallest absolute Gasteiger partial charge is 0.407 e. The Morgan fingerprint density at radius 1 is 0.671 bits per heavy atom. The molecular formula is C47H69N9O14. The Hall–Kier alpha value is -7.17. The molecule has 0 heterocycles. The van der Waals surface area contributed by atoms with Gasteiger partial charge in [0.2, 0.25) is 17.7 Å². The molecule has 70 heavy (non-hydrogen) atoms. The number of nitrogens with two attached hydrogens (primary N) is 2. The summed E-state index contributed by atoms with van der Waals surface area (Å²) < 4.78 is 21.6. The van der Waals surface area contributed by atoms with E-state index in [4.69, 9.17) is 30.4 Å². The number of alkyl carbamates (subject to hydrolysis) is 1. The lowest BCUT2D eigenvalue weighted by Crippen LogP contribution is -2.51. The largest absolute Gasteiger partial charge is 0.462 e. The van der Waals surface area contributed by atoms with Crippen molar-refractivity contribution in [3.05, 3.63) is 81.9 Å². The lowest BCUT2D eigenvalue weighted by molar-refractivity contribution is -0.525. The maximum atomic E-state index is 13.2. The Labute approximate surface area is 407 Å². The summed E-state index contributed by atoms with van der Waals surface area (Å²) in [6.07, 6.45) is -1.50. The van der Waals surface area contributed by atoms with Gasteiger partial charge >= 0.3 is 24.0 Å². The van der Waals surface area contributed by atoms with Crippen molar-refractivity contribution in [3.8, 4) is 0 Å². The minimum Gasteiger partial charge on any atom is -0.462 e. The van der Waals surface area contributed by atoms with Gasteiger partial charge in [-0.1, -0.05) is 72.5 Å². The number of nitro groups is 1. The van der Waals surface area contributed by atoms with E-state index < -0.39 is 95.0 Å². The van der Waals surface area contributed by atoms with E-state index >= 15 is 0 Å². The maximum absolute atomic E-state index is 13.2. The van der Waals surface area contributed by atoms with Crippen LogP contribution in [0.15, 0.2) is 65.7 Å². The van der Waals surface area contributed by atoms with E-state index in [1.54, 1.807) is 26.2 Å². The summed E-state index contributed by atoms with van der Waals surface area (Å²) in [5.74, 6) is -5.13. The molecule has 0 aliphatic heterocycles. The lowest BCUT2D eigenvalue weighted by atomic mass is 9.94. The molecule has 2 rings (SSSR count). The van der Waals surface area contributed by atoms with Crippen molar-refractivity contribution in [3.63, 3.8) is 0 Å². The van der Waals surface area contributed by atoms with Gasteiger partial charge in [-0.25, -0.2) is 19.9 Å². The van der Waals surface area contributed by atoms with Crippen LogP contribution in [0.5, 0.6) is 0 Å². The second kappa shape index (κ2) is 32.6. The van der Waals surface area contributed by atoms with Crippen LogP contribution in [0.4, 0.5) is 4.79 Å². The molecular weight excluding hydrogens is 915 g/mol. The summed E-state index contributed by atoms with van der Waals surface area (Å²) in [5, 5.41) is 19.9. The number of Topliss-reactive ketones (excluding diaryl/α,β-unsaturated/α-hetero) is 1. The van der Waals surface area contributed by atoms with E-state index in [-0.39, 0.29) is 70.5 Å². The number of ketones is 1. The van der Waals surface area contributed by atoms with Gasteiger partial charge in [-0.3, -0.25) is 33.6 Å². The number of hydrazine groups is 1. The minimum absolute atomic E-state index is 0.0325. The molecule has 23 heteroatoms. The van der Waals surface area contributed by atoms with Crippen molar-refractivity contribution in [2.24, 2.45) is 22.4 Å². The van der Waals surface area contributed by atoms with E-state index in [0.29, 0.717) is 25.8 Å². The number of amides is 4. The molecule has 0 aliphatic rings. The minimum atomic E-state index is -1.01. The van der Waals surface area contributed by atoms with Crippen molar-refractivity contribution in [1.82, 2.24) is 26.7 Å². The van der Waals surface area contributed by atoms with Gasteiger partial charge in [0.15, 0.2) is 5.03 Å². The van der Waals surface area contributed by atoms with Gasteiger partial charge in [-0.2, -0.15) is 0 Å². The van der Waals surface area contributed by atoms with Crippen LogP contribution in [-0.2, 0) is 65.7 Å². The average molecular weight is 984 g/mol. The Morgan fingerprint density at radius 2 is 1.23 bits per heavy atom. The predicted octanol–water partition coefficient (Wildman–Crippen LogP) is 2.54. The first kappa shape index (κ1) is 59.0. The van der Waals surface area contributed by atoms with Crippen LogP contribution < -0.4 is 38.2 Å². The molecule has 4 amide bonds. The molecule has 0 spiro atoms. The second-order valence-corrected chi connectivity index (χ2v) is 16.9. The number of esters is 3. The number of hydrogen-bond acceptors (Lipinski definition) is 16. The fourth-order valence-electron chi connectivity index (χ4n) is 6.66. The predicted molar refractivity (Wildman–Crippen MR) is 254 cm³/mol. The molecule has 2 aromatic carbocycles. The highest BCUT2D eigenvalue weighted by molar-refractivity contribution is 5.90. The summed E-state index contributed by atoms with van der Waals surface area (Å²) in [7, 11) is 0. The number of nitrogens with zero attached hydrogens (tertiary/aromatic N) is 2.